The van der Waals surface area contributed by atoms with E-state index in [4.69, 9.17) is 11.1 Å². The van der Waals surface area contributed by atoms with Crippen LogP contribution < -0.4 is 11.1 Å². The second kappa shape index (κ2) is 3.56. The van der Waals surface area contributed by atoms with Crippen molar-refractivity contribution < 1.29 is 0 Å². The third-order valence-electron chi connectivity index (χ3n) is 1.94. The highest BCUT2D eigenvalue weighted by Gasteiger charge is 2.13. The fourth-order valence-corrected chi connectivity index (χ4v) is 1.38. The highest BCUT2D eigenvalue weighted by molar-refractivity contribution is 5.78. The van der Waals surface area contributed by atoms with Gasteiger partial charge >= 0.3 is 0 Å². The molecule has 1 fully saturated rings. The molecule has 3 nitrogen and oxygen atoms in total. The molecule has 0 aromatic rings. The minimum atomic E-state index is 0.242. The van der Waals surface area contributed by atoms with E-state index in [0.29, 0.717) is 12.6 Å². The lowest BCUT2D eigenvalue weighted by Crippen LogP contribution is -2.34. The van der Waals surface area contributed by atoms with Crippen LogP contribution >= 0.6 is 0 Å². The van der Waals surface area contributed by atoms with Crippen molar-refractivity contribution in [3.05, 3.63) is 0 Å². The summed E-state index contributed by atoms with van der Waals surface area (Å²) in [7, 11) is 0. The molecule has 0 amide bonds. The molecule has 0 bridgehead atoms. The van der Waals surface area contributed by atoms with Crippen LogP contribution in [0.1, 0.15) is 25.7 Å². The highest BCUT2D eigenvalue weighted by atomic mass is 14.9. The molecule has 10 heavy (non-hydrogen) atoms. The second-order valence-corrected chi connectivity index (χ2v) is 2.89. The number of amidine groups is 1. The molecule has 1 saturated carbocycles. The van der Waals surface area contributed by atoms with E-state index in [1.54, 1.807) is 0 Å². The van der Waals surface area contributed by atoms with E-state index in [-0.39, 0.29) is 5.84 Å². The van der Waals surface area contributed by atoms with E-state index in [0.717, 1.165) is 0 Å². The summed E-state index contributed by atoms with van der Waals surface area (Å²) in [5, 5.41) is 10.2. The van der Waals surface area contributed by atoms with Gasteiger partial charge in [0.15, 0.2) is 0 Å². The maximum absolute atomic E-state index is 6.97. The summed E-state index contributed by atoms with van der Waals surface area (Å²) in [6.07, 6.45) is 5.17. The molecule has 4 N–H and O–H groups in total. The first-order valence-electron chi connectivity index (χ1n) is 3.85. The van der Waals surface area contributed by atoms with Gasteiger partial charge in [-0.15, -0.1) is 0 Å². The van der Waals surface area contributed by atoms with Gasteiger partial charge in [-0.1, -0.05) is 12.8 Å². The van der Waals surface area contributed by atoms with Gasteiger partial charge in [0.1, 0.15) is 5.84 Å². The monoisotopic (exact) mass is 141 g/mol. The summed E-state index contributed by atoms with van der Waals surface area (Å²) in [6, 6.07) is 0.629. The van der Waals surface area contributed by atoms with Gasteiger partial charge in [0.05, 0.1) is 6.54 Å². The topological polar surface area (TPSA) is 61.9 Å². The van der Waals surface area contributed by atoms with E-state index in [9.17, 15) is 0 Å². The Bertz CT molecular complexity index is 116. The highest BCUT2D eigenvalue weighted by Crippen LogP contribution is 2.16. The zero-order valence-electron chi connectivity index (χ0n) is 6.19. The molecule has 58 valence electrons. The number of nitrogens with one attached hydrogen (secondary N) is 2. The smallest absolute Gasteiger partial charge is 0.105 e. The van der Waals surface area contributed by atoms with Crippen LogP contribution in [0.4, 0.5) is 0 Å². The first kappa shape index (κ1) is 7.54. The third-order valence-corrected chi connectivity index (χ3v) is 1.94. The third kappa shape index (κ3) is 2.35. The molecular formula is C7H15N3. The number of hydrogen-bond acceptors (Lipinski definition) is 2. The Morgan fingerprint density at radius 2 is 2.10 bits per heavy atom. The van der Waals surface area contributed by atoms with Crippen molar-refractivity contribution in [3.8, 4) is 0 Å². The molecule has 1 aliphatic rings. The SMILES string of the molecule is N=C(N)CNC1CCCC1. The Morgan fingerprint density at radius 1 is 1.50 bits per heavy atom. The van der Waals surface area contributed by atoms with Gasteiger partial charge in [-0.25, -0.2) is 0 Å². The Balaban J connectivity index is 2.07. The number of nitrogens with two attached hydrogens (primary N) is 1. The Hall–Kier alpha value is -0.570. The van der Waals surface area contributed by atoms with E-state index in [1.807, 2.05) is 0 Å². The minimum Gasteiger partial charge on any atom is -0.387 e. The zero-order chi connectivity index (χ0) is 7.40. The van der Waals surface area contributed by atoms with Gasteiger partial charge in [0.2, 0.25) is 0 Å². The molecular weight excluding hydrogens is 126 g/mol. The van der Waals surface area contributed by atoms with Crippen LogP contribution in [-0.4, -0.2) is 18.4 Å². The minimum absolute atomic E-state index is 0.242. The quantitative estimate of drug-likeness (QED) is 0.395. The summed E-state index contributed by atoms with van der Waals surface area (Å²) >= 11 is 0. The van der Waals surface area contributed by atoms with Gasteiger partial charge in [-0.05, 0) is 12.8 Å². The van der Waals surface area contributed by atoms with Gasteiger partial charge in [0, 0.05) is 6.04 Å². The summed E-state index contributed by atoms with van der Waals surface area (Å²) in [6.45, 7) is 0.560. The van der Waals surface area contributed by atoms with Gasteiger partial charge in [-0.2, -0.15) is 0 Å². The van der Waals surface area contributed by atoms with Crippen molar-refractivity contribution in [2.24, 2.45) is 5.73 Å². The van der Waals surface area contributed by atoms with Crippen LogP contribution in [0.3, 0.4) is 0 Å². The molecule has 0 atom stereocenters. The molecule has 0 heterocycles. The summed E-state index contributed by atoms with van der Waals surface area (Å²) in [5.41, 5.74) is 5.19. The fraction of sp³-hybridized carbons (Fsp3) is 0.857. The number of rotatable bonds is 3. The number of hydrogen-bond donors (Lipinski definition) is 3. The van der Waals surface area contributed by atoms with Crippen LogP contribution in [0, 0.1) is 5.41 Å². The van der Waals surface area contributed by atoms with Crippen molar-refractivity contribution >= 4 is 5.84 Å². The molecule has 1 rings (SSSR count). The van der Waals surface area contributed by atoms with Crippen molar-refractivity contribution in [2.45, 2.75) is 31.7 Å². The lowest BCUT2D eigenvalue weighted by molar-refractivity contribution is 0.562. The molecule has 0 aromatic carbocycles. The molecule has 1 aliphatic carbocycles. The summed E-state index contributed by atoms with van der Waals surface area (Å²) in [4.78, 5) is 0. The first-order valence-corrected chi connectivity index (χ1v) is 3.85. The standard InChI is InChI=1S/C7H15N3/c8-7(9)5-10-6-3-1-2-4-6/h6,10H,1-5H2,(H3,8,9). The second-order valence-electron chi connectivity index (χ2n) is 2.89. The first-order chi connectivity index (χ1) is 4.79. The lowest BCUT2D eigenvalue weighted by Gasteiger charge is -2.09. The fourth-order valence-electron chi connectivity index (χ4n) is 1.38. The summed E-state index contributed by atoms with van der Waals surface area (Å²) < 4.78 is 0. The Kier molecular flexibility index (Phi) is 2.68. The van der Waals surface area contributed by atoms with Crippen LogP contribution in [0.2, 0.25) is 0 Å². The molecule has 3 heteroatoms. The van der Waals surface area contributed by atoms with Crippen molar-refractivity contribution in [1.82, 2.24) is 5.32 Å². The molecule has 0 unspecified atom stereocenters. The predicted molar refractivity (Wildman–Crippen MR) is 42.2 cm³/mol. The van der Waals surface area contributed by atoms with Crippen LogP contribution in [0.25, 0.3) is 0 Å². The van der Waals surface area contributed by atoms with Crippen LogP contribution in [0.15, 0.2) is 0 Å². The molecule has 0 aromatic heterocycles. The molecule has 0 saturated heterocycles. The summed E-state index contributed by atoms with van der Waals surface area (Å²) in [5.74, 6) is 0.242. The van der Waals surface area contributed by atoms with Crippen molar-refractivity contribution in [2.75, 3.05) is 6.54 Å². The lowest BCUT2D eigenvalue weighted by atomic mass is 10.2. The van der Waals surface area contributed by atoms with Crippen molar-refractivity contribution in [3.63, 3.8) is 0 Å². The van der Waals surface area contributed by atoms with Crippen LogP contribution in [0.5, 0.6) is 0 Å². The normalized spacial score (nSPS) is 19.6. The average Bonchev–Trinajstić information content (AvgIpc) is 2.34. The zero-order valence-corrected chi connectivity index (χ0v) is 6.19. The predicted octanol–water partition coefficient (Wildman–Crippen LogP) is 0.455. The van der Waals surface area contributed by atoms with Crippen molar-refractivity contribution in [1.29, 1.82) is 5.41 Å². The van der Waals surface area contributed by atoms with Crippen LogP contribution in [-0.2, 0) is 0 Å². The largest absolute Gasteiger partial charge is 0.387 e. The van der Waals surface area contributed by atoms with Gasteiger partial charge in [0.25, 0.3) is 0 Å². The van der Waals surface area contributed by atoms with E-state index in [1.165, 1.54) is 25.7 Å². The Labute approximate surface area is 61.5 Å². The molecule has 0 aliphatic heterocycles. The van der Waals surface area contributed by atoms with Gasteiger partial charge < -0.3 is 11.1 Å². The van der Waals surface area contributed by atoms with E-state index in [2.05, 4.69) is 5.32 Å². The maximum atomic E-state index is 6.97. The maximum Gasteiger partial charge on any atom is 0.105 e. The average molecular weight is 141 g/mol. The van der Waals surface area contributed by atoms with E-state index < -0.39 is 0 Å². The van der Waals surface area contributed by atoms with E-state index >= 15 is 0 Å². The Morgan fingerprint density at radius 3 is 2.60 bits per heavy atom. The van der Waals surface area contributed by atoms with Gasteiger partial charge in [-0.3, -0.25) is 5.41 Å². The molecule has 0 spiro atoms. The molecule has 0 radical (unpaired) electrons.